The number of nitrogens with zero attached hydrogens (tertiary/aromatic N) is 1. The fourth-order valence-corrected chi connectivity index (χ4v) is 3.55. The molecule has 0 radical (unpaired) electrons. The second kappa shape index (κ2) is 8.53. The molecule has 6 nitrogen and oxygen atoms in total. The van der Waals surface area contributed by atoms with Gasteiger partial charge in [0, 0.05) is 18.7 Å². The summed E-state index contributed by atoms with van der Waals surface area (Å²) in [6, 6.07) is 12.6. The van der Waals surface area contributed by atoms with Crippen molar-refractivity contribution in [3.05, 3.63) is 64.7 Å². The van der Waals surface area contributed by atoms with Crippen molar-refractivity contribution in [3.63, 3.8) is 0 Å². The largest absolute Gasteiger partial charge is 0.332 e. The number of imide groups is 1. The number of hydrogen-bond donors (Lipinski definition) is 2. The first-order valence-electron chi connectivity index (χ1n) is 9.45. The molecule has 2 aromatic rings. The summed E-state index contributed by atoms with van der Waals surface area (Å²) < 4.78 is 0. The third-order valence-electron chi connectivity index (χ3n) is 4.86. The molecular formula is C22H23N3O3S. The Labute approximate surface area is 175 Å². The highest BCUT2D eigenvalue weighted by molar-refractivity contribution is 7.80. The van der Waals surface area contributed by atoms with Gasteiger partial charge in [0.25, 0.3) is 11.8 Å². The summed E-state index contributed by atoms with van der Waals surface area (Å²) in [7, 11) is 0. The van der Waals surface area contributed by atoms with Crippen molar-refractivity contribution in [1.29, 1.82) is 0 Å². The van der Waals surface area contributed by atoms with Crippen molar-refractivity contribution in [3.8, 4) is 0 Å². The number of anilines is 1. The Bertz CT molecular complexity index is 966. The number of fused-ring (bicyclic) bond motifs is 1. The molecule has 1 heterocycles. The molecule has 0 saturated heterocycles. The van der Waals surface area contributed by atoms with Gasteiger partial charge in [-0.05, 0) is 48.3 Å². The van der Waals surface area contributed by atoms with E-state index in [0.717, 1.165) is 21.7 Å². The summed E-state index contributed by atoms with van der Waals surface area (Å²) in [6.07, 6.45) is -0.0297. The minimum atomic E-state index is -0.374. The Hall–Kier alpha value is -3.06. The van der Waals surface area contributed by atoms with E-state index in [1.54, 1.807) is 24.3 Å². The highest BCUT2D eigenvalue weighted by atomic mass is 32.1. The number of carbonyl (C=O) groups is 3. The van der Waals surface area contributed by atoms with Crippen LogP contribution in [0.1, 0.15) is 58.0 Å². The average Bonchev–Trinajstić information content (AvgIpc) is 2.92. The van der Waals surface area contributed by atoms with E-state index >= 15 is 0 Å². The monoisotopic (exact) mass is 409 g/mol. The number of carbonyl (C=O) groups excluding carboxylic acids is 3. The van der Waals surface area contributed by atoms with Gasteiger partial charge in [-0.15, -0.1) is 0 Å². The molecule has 3 amide bonds. The van der Waals surface area contributed by atoms with Crippen molar-refractivity contribution >= 4 is 40.7 Å². The predicted octanol–water partition coefficient (Wildman–Crippen LogP) is 3.62. The summed E-state index contributed by atoms with van der Waals surface area (Å²) in [6.45, 7) is 6.15. The Kier molecular flexibility index (Phi) is 6.08. The molecule has 0 bridgehead atoms. The van der Waals surface area contributed by atoms with Crippen LogP contribution in [0.2, 0.25) is 0 Å². The van der Waals surface area contributed by atoms with Gasteiger partial charge in [0.05, 0.1) is 11.1 Å². The topological polar surface area (TPSA) is 78.5 Å². The standard InChI is InChI=1S/C22H23N3O3S/c1-13(2)15-10-6-7-14(3)19(15)24-22(29)23-18(26)11-12-25-20(27)16-8-4-5-9-17(16)21(25)28/h4-10,13H,11-12H2,1-3H3,(H2,23,24,26,29). The number of rotatable bonds is 5. The zero-order valence-electron chi connectivity index (χ0n) is 16.6. The molecule has 0 atom stereocenters. The lowest BCUT2D eigenvalue weighted by molar-refractivity contribution is -0.119. The van der Waals surface area contributed by atoms with E-state index in [1.807, 2.05) is 25.1 Å². The number of aryl methyl sites for hydroxylation is 1. The normalized spacial score (nSPS) is 12.9. The van der Waals surface area contributed by atoms with E-state index in [-0.39, 0.29) is 35.8 Å². The van der Waals surface area contributed by atoms with Gasteiger partial charge in [-0.1, -0.05) is 44.2 Å². The van der Waals surface area contributed by atoms with Crippen LogP contribution in [0.25, 0.3) is 0 Å². The first-order valence-corrected chi connectivity index (χ1v) is 9.86. The molecule has 1 aliphatic rings. The maximum atomic E-state index is 12.4. The average molecular weight is 410 g/mol. The maximum absolute atomic E-state index is 12.4. The molecule has 0 fully saturated rings. The van der Waals surface area contributed by atoms with Crippen LogP contribution in [0.3, 0.4) is 0 Å². The molecule has 2 N–H and O–H groups in total. The van der Waals surface area contributed by atoms with Crippen LogP contribution in [0, 0.1) is 6.92 Å². The van der Waals surface area contributed by atoms with Crippen LogP contribution in [0.15, 0.2) is 42.5 Å². The number of thiocarbonyl (C=S) groups is 1. The van der Waals surface area contributed by atoms with Gasteiger partial charge in [-0.2, -0.15) is 0 Å². The molecule has 0 aromatic heterocycles. The molecule has 0 aliphatic carbocycles. The lowest BCUT2D eigenvalue weighted by Gasteiger charge is -2.18. The molecule has 29 heavy (non-hydrogen) atoms. The Morgan fingerprint density at radius 1 is 1.03 bits per heavy atom. The molecule has 150 valence electrons. The van der Waals surface area contributed by atoms with Crippen LogP contribution in [0.4, 0.5) is 5.69 Å². The number of amides is 3. The summed E-state index contributed by atoms with van der Waals surface area (Å²) in [5.41, 5.74) is 3.76. The summed E-state index contributed by atoms with van der Waals surface area (Å²) in [4.78, 5) is 38.1. The molecule has 2 aromatic carbocycles. The highest BCUT2D eigenvalue weighted by Crippen LogP contribution is 2.27. The Morgan fingerprint density at radius 2 is 1.66 bits per heavy atom. The second-order valence-corrected chi connectivity index (χ2v) is 7.66. The summed E-state index contributed by atoms with van der Waals surface area (Å²) in [5, 5.41) is 5.92. The summed E-state index contributed by atoms with van der Waals surface area (Å²) >= 11 is 5.28. The number of nitrogens with one attached hydrogen (secondary N) is 2. The molecule has 0 spiro atoms. The van der Waals surface area contributed by atoms with E-state index in [1.165, 1.54) is 0 Å². The van der Waals surface area contributed by atoms with Crippen molar-refractivity contribution in [2.75, 3.05) is 11.9 Å². The zero-order chi connectivity index (χ0) is 21.1. The van der Waals surface area contributed by atoms with Gasteiger partial charge in [0.2, 0.25) is 5.91 Å². The lowest BCUT2D eigenvalue weighted by atomic mass is 9.98. The Balaban J connectivity index is 1.58. The van der Waals surface area contributed by atoms with Gasteiger partial charge < -0.3 is 10.6 Å². The lowest BCUT2D eigenvalue weighted by Crippen LogP contribution is -2.38. The number of hydrogen-bond acceptors (Lipinski definition) is 4. The van der Waals surface area contributed by atoms with Crippen LogP contribution in [0.5, 0.6) is 0 Å². The first-order chi connectivity index (χ1) is 13.8. The van der Waals surface area contributed by atoms with Crippen molar-refractivity contribution in [1.82, 2.24) is 10.2 Å². The van der Waals surface area contributed by atoms with Gasteiger partial charge in [0.1, 0.15) is 0 Å². The van der Waals surface area contributed by atoms with Crippen LogP contribution in [-0.2, 0) is 4.79 Å². The predicted molar refractivity (Wildman–Crippen MR) is 116 cm³/mol. The van der Waals surface area contributed by atoms with Crippen LogP contribution in [-0.4, -0.2) is 34.3 Å². The smallest absolute Gasteiger partial charge is 0.261 e. The molecule has 3 rings (SSSR count). The maximum Gasteiger partial charge on any atom is 0.261 e. The van der Waals surface area contributed by atoms with E-state index in [0.29, 0.717) is 17.0 Å². The fourth-order valence-electron chi connectivity index (χ4n) is 3.33. The van der Waals surface area contributed by atoms with Gasteiger partial charge in [-0.3, -0.25) is 19.3 Å². The van der Waals surface area contributed by atoms with Gasteiger partial charge in [-0.25, -0.2) is 0 Å². The quantitative estimate of drug-likeness (QED) is 0.583. The SMILES string of the molecule is Cc1cccc(C(C)C)c1NC(=S)NC(=O)CCN1C(=O)c2ccccc2C1=O. The van der Waals surface area contributed by atoms with Crippen LogP contribution >= 0.6 is 12.2 Å². The number of benzene rings is 2. The third kappa shape index (κ3) is 4.35. The van der Waals surface area contributed by atoms with E-state index in [9.17, 15) is 14.4 Å². The molecule has 0 unspecified atom stereocenters. The molecular weight excluding hydrogens is 386 g/mol. The highest BCUT2D eigenvalue weighted by Gasteiger charge is 2.34. The number of para-hydroxylation sites is 1. The van der Waals surface area contributed by atoms with E-state index in [4.69, 9.17) is 12.2 Å². The van der Waals surface area contributed by atoms with Crippen molar-refractivity contribution in [2.24, 2.45) is 0 Å². The fraction of sp³-hybridized carbons (Fsp3) is 0.273. The Morgan fingerprint density at radius 3 is 2.24 bits per heavy atom. The van der Waals surface area contributed by atoms with Crippen LogP contribution < -0.4 is 10.6 Å². The third-order valence-corrected chi connectivity index (χ3v) is 5.06. The minimum Gasteiger partial charge on any atom is -0.332 e. The van der Waals surface area contributed by atoms with E-state index < -0.39 is 0 Å². The second-order valence-electron chi connectivity index (χ2n) is 7.25. The molecule has 0 saturated carbocycles. The first kappa shape index (κ1) is 20.7. The van der Waals surface area contributed by atoms with Crippen molar-refractivity contribution < 1.29 is 14.4 Å². The molecule has 7 heteroatoms. The van der Waals surface area contributed by atoms with Gasteiger partial charge >= 0.3 is 0 Å². The minimum absolute atomic E-state index is 0.00238. The molecule has 1 aliphatic heterocycles. The summed E-state index contributed by atoms with van der Waals surface area (Å²) in [5.74, 6) is -0.815. The van der Waals surface area contributed by atoms with Gasteiger partial charge in [0.15, 0.2) is 5.11 Å². The zero-order valence-corrected chi connectivity index (χ0v) is 17.4. The van der Waals surface area contributed by atoms with E-state index in [2.05, 4.69) is 24.5 Å². The van der Waals surface area contributed by atoms with Crippen molar-refractivity contribution in [2.45, 2.75) is 33.1 Å².